The van der Waals surface area contributed by atoms with Crippen LogP contribution in [-0.4, -0.2) is 34.6 Å². The van der Waals surface area contributed by atoms with E-state index in [0.717, 1.165) is 6.26 Å². The summed E-state index contributed by atoms with van der Waals surface area (Å²) in [5.74, 6) is -0.0658. The maximum absolute atomic E-state index is 11.7. The van der Waals surface area contributed by atoms with Crippen LogP contribution in [0.3, 0.4) is 0 Å². The van der Waals surface area contributed by atoms with Crippen molar-refractivity contribution >= 4 is 15.6 Å². The number of sulfone groups is 1. The Morgan fingerprint density at radius 3 is 2.56 bits per heavy atom. The quantitative estimate of drug-likeness (QED) is 0.638. The van der Waals surface area contributed by atoms with Crippen molar-refractivity contribution in [2.24, 2.45) is 0 Å². The molecule has 5 nitrogen and oxygen atoms in total. The van der Waals surface area contributed by atoms with Gasteiger partial charge in [0.25, 0.3) is 0 Å². The first-order valence-electron chi connectivity index (χ1n) is 5.16. The van der Waals surface area contributed by atoms with Crippen molar-refractivity contribution in [1.82, 2.24) is 5.32 Å². The molecule has 0 fully saturated rings. The van der Waals surface area contributed by atoms with E-state index in [-0.39, 0.29) is 16.4 Å². The highest BCUT2D eigenvalue weighted by molar-refractivity contribution is 7.90. The topological polar surface area (TPSA) is 72.5 Å². The van der Waals surface area contributed by atoms with Gasteiger partial charge in [-0.25, -0.2) is 8.42 Å². The zero-order valence-corrected chi connectivity index (χ0v) is 11.2. The predicted octanol–water partition coefficient (Wildman–Crippen LogP) is 1.01. The zero-order valence-electron chi connectivity index (χ0n) is 10.4. The van der Waals surface area contributed by atoms with Gasteiger partial charge in [0, 0.05) is 31.1 Å². The van der Waals surface area contributed by atoms with E-state index < -0.39 is 9.84 Å². The molecule has 0 aliphatic carbocycles. The first-order chi connectivity index (χ1) is 8.40. The minimum absolute atomic E-state index is 0.0687. The summed E-state index contributed by atoms with van der Waals surface area (Å²) >= 11 is 0. The van der Waals surface area contributed by atoms with E-state index in [1.165, 1.54) is 37.6 Å². The number of methoxy groups -OCH3 is 1. The van der Waals surface area contributed by atoms with E-state index in [0.29, 0.717) is 5.56 Å². The van der Waals surface area contributed by atoms with E-state index in [9.17, 15) is 13.2 Å². The van der Waals surface area contributed by atoms with Crippen LogP contribution in [-0.2, 0) is 9.84 Å². The van der Waals surface area contributed by atoms with Crippen LogP contribution in [0.2, 0.25) is 0 Å². The lowest BCUT2D eigenvalue weighted by atomic mass is 10.1. The molecular formula is C12H15NO4S. The van der Waals surface area contributed by atoms with Gasteiger partial charge in [0.05, 0.1) is 7.11 Å². The summed E-state index contributed by atoms with van der Waals surface area (Å²) < 4.78 is 27.9. The van der Waals surface area contributed by atoms with Crippen molar-refractivity contribution in [2.45, 2.75) is 4.90 Å². The molecule has 18 heavy (non-hydrogen) atoms. The lowest BCUT2D eigenvalue weighted by molar-refractivity contribution is 0.104. The first-order valence-corrected chi connectivity index (χ1v) is 7.05. The average Bonchev–Trinajstić information content (AvgIpc) is 2.33. The molecule has 0 saturated carbocycles. The van der Waals surface area contributed by atoms with Crippen LogP contribution in [0.25, 0.3) is 0 Å². The molecule has 0 aliphatic rings. The number of hydrogen-bond donors (Lipinski definition) is 1. The predicted molar refractivity (Wildman–Crippen MR) is 68.6 cm³/mol. The van der Waals surface area contributed by atoms with Crippen LogP contribution in [0.5, 0.6) is 5.75 Å². The number of ketones is 1. The maximum Gasteiger partial charge on any atom is 0.187 e. The van der Waals surface area contributed by atoms with Crippen molar-refractivity contribution in [3.63, 3.8) is 0 Å². The third-order valence-corrected chi connectivity index (χ3v) is 3.39. The molecule has 98 valence electrons. The Bertz CT molecular complexity index is 576. The fourth-order valence-electron chi connectivity index (χ4n) is 1.38. The molecule has 0 heterocycles. The Labute approximate surface area is 106 Å². The Balaban J connectivity index is 3.22. The van der Waals surface area contributed by atoms with Crippen molar-refractivity contribution in [3.8, 4) is 5.75 Å². The van der Waals surface area contributed by atoms with Gasteiger partial charge in [-0.1, -0.05) is 0 Å². The molecule has 0 amide bonds. The Morgan fingerprint density at radius 1 is 1.39 bits per heavy atom. The van der Waals surface area contributed by atoms with Gasteiger partial charge in [-0.2, -0.15) is 0 Å². The maximum atomic E-state index is 11.7. The third kappa shape index (κ3) is 3.33. The summed E-state index contributed by atoms with van der Waals surface area (Å²) in [6.45, 7) is 0. The molecule has 0 spiro atoms. The molecule has 0 aromatic heterocycles. The highest BCUT2D eigenvalue weighted by atomic mass is 32.2. The smallest absolute Gasteiger partial charge is 0.187 e. The number of carbonyl (C=O) groups is 1. The van der Waals surface area contributed by atoms with Gasteiger partial charge in [0.1, 0.15) is 10.6 Å². The molecule has 1 aromatic carbocycles. The van der Waals surface area contributed by atoms with Gasteiger partial charge in [-0.05, 0) is 18.2 Å². The van der Waals surface area contributed by atoms with Crippen LogP contribution in [0.1, 0.15) is 10.4 Å². The van der Waals surface area contributed by atoms with Crippen molar-refractivity contribution < 1.29 is 17.9 Å². The highest BCUT2D eigenvalue weighted by Gasteiger charge is 2.15. The normalized spacial score (nSPS) is 11.5. The fourth-order valence-corrected chi connectivity index (χ4v) is 2.21. The van der Waals surface area contributed by atoms with Crippen LogP contribution in [0.15, 0.2) is 35.4 Å². The average molecular weight is 269 g/mol. The van der Waals surface area contributed by atoms with Gasteiger partial charge in [-0.3, -0.25) is 4.79 Å². The van der Waals surface area contributed by atoms with E-state index in [1.54, 1.807) is 7.05 Å². The second kappa shape index (κ2) is 5.68. The molecular weight excluding hydrogens is 254 g/mol. The van der Waals surface area contributed by atoms with Crippen molar-refractivity contribution in [1.29, 1.82) is 0 Å². The molecule has 1 rings (SSSR count). The van der Waals surface area contributed by atoms with E-state index in [4.69, 9.17) is 4.74 Å². The lowest BCUT2D eigenvalue weighted by Crippen LogP contribution is -2.04. The summed E-state index contributed by atoms with van der Waals surface area (Å²) in [7, 11) is -0.331. The summed E-state index contributed by atoms with van der Waals surface area (Å²) in [6.07, 6.45) is 3.95. The number of ether oxygens (including phenoxy) is 1. The third-order valence-electron chi connectivity index (χ3n) is 2.25. The minimum Gasteiger partial charge on any atom is -0.495 e. The Hall–Kier alpha value is -1.82. The van der Waals surface area contributed by atoms with Gasteiger partial charge in [0.2, 0.25) is 0 Å². The number of hydrogen-bond acceptors (Lipinski definition) is 5. The van der Waals surface area contributed by atoms with Crippen LogP contribution < -0.4 is 10.1 Å². The monoisotopic (exact) mass is 269 g/mol. The van der Waals surface area contributed by atoms with E-state index in [2.05, 4.69) is 5.32 Å². The molecule has 0 bridgehead atoms. The molecule has 1 aromatic rings. The summed E-state index contributed by atoms with van der Waals surface area (Å²) in [5, 5.41) is 2.70. The molecule has 0 radical (unpaired) electrons. The summed E-state index contributed by atoms with van der Waals surface area (Å²) in [6, 6.07) is 4.24. The molecule has 6 heteroatoms. The van der Waals surface area contributed by atoms with E-state index in [1.807, 2.05) is 0 Å². The first kappa shape index (κ1) is 14.2. The number of nitrogens with one attached hydrogen (secondary N) is 1. The van der Waals surface area contributed by atoms with E-state index >= 15 is 0 Å². The second-order valence-electron chi connectivity index (χ2n) is 3.62. The molecule has 0 atom stereocenters. The number of carbonyl (C=O) groups excluding carboxylic acids is 1. The zero-order chi connectivity index (χ0) is 13.8. The SMILES string of the molecule is CN/C=C/C(=O)c1ccc(S(C)(=O)=O)c(OC)c1. The Morgan fingerprint density at radius 2 is 2.06 bits per heavy atom. The van der Waals surface area contributed by atoms with Crippen molar-refractivity contribution in [2.75, 3.05) is 20.4 Å². The lowest BCUT2D eigenvalue weighted by Gasteiger charge is -2.07. The van der Waals surface area contributed by atoms with Crippen LogP contribution in [0.4, 0.5) is 0 Å². The number of benzene rings is 1. The summed E-state index contributed by atoms with van der Waals surface area (Å²) in [4.78, 5) is 11.8. The highest BCUT2D eigenvalue weighted by Crippen LogP contribution is 2.25. The van der Waals surface area contributed by atoms with Crippen LogP contribution in [0, 0.1) is 0 Å². The van der Waals surface area contributed by atoms with Crippen molar-refractivity contribution in [3.05, 3.63) is 36.0 Å². The molecule has 0 aliphatic heterocycles. The number of rotatable bonds is 5. The second-order valence-corrected chi connectivity index (χ2v) is 5.61. The van der Waals surface area contributed by atoms with Gasteiger partial charge in [-0.15, -0.1) is 0 Å². The van der Waals surface area contributed by atoms with Gasteiger partial charge < -0.3 is 10.1 Å². The molecule has 0 saturated heterocycles. The fraction of sp³-hybridized carbons (Fsp3) is 0.250. The van der Waals surface area contributed by atoms with Crippen LogP contribution >= 0.6 is 0 Å². The van der Waals surface area contributed by atoms with Gasteiger partial charge >= 0.3 is 0 Å². The summed E-state index contributed by atoms with van der Waals surface area (Å²) in [5.41, 5.74) is 0.366. The molecule has 1 N–H and O–H groups in total. The largest absolute Gasteiger partial charge is 0.495 e. The minimum atomic E-state index is -3.37. The Kier molecular flexibility index (Phi) is 4.49. The standard InChI is InChI=1S/C12H15NO4S/c1-13-7-6-10(14)9-4-5-12(18(3,15)16)11(8-9)17-2/h4-8,13H,1-3H3/b7-6+. The number of allylic oxidation sites excluding steroid dienone is 1. The van der Waals surface area contributed by atoms with Gasteiger partial charge in [0.15, 0.2) is 15.6 Å². The molecule has 0 unspecified atom stereocenters.